The lowest BCUT2D eigenvalue weighted by Gasteiger charge is -2.27. The van der Waals surface area contributed by atoms with E-state index in [1.54, 1.807) is 0 Å². The van der Waals surface area contributed by atoms with Crippen molar-refractivity contribution in [3.63, 3.8) is 0 Å². The second-order valence-electron chi connectivity index (χ2n) is 5.25. The Kier molecular flexibility index (Phi) is 6.66. The van der Waals surface area contributed by atoms with E-state index in [0.717, 1.165) is 0 Å². The number of rotatable bonds is 2. The van der Waals surface area contributed by atoms with Crippen molar-refractivity contribution < 1.29 is 30.3 Å². The van der Waals surface area contributed by atoms with Crippen LogP contribution in [0.2, 0.25) is 39.3 Å². The predicted octanol–water partition coefficient (Wildman–Crippen LogP) is 3.07. The van der Waals surface area contributed by atoms with Gasteiger partial charge in [0.05, 0.1) is 0 Å². The fourth-order valence-corrected chi connectivity index (χ4v) is 8.27. The van der Waals surface area contributed by atoms with E-state index in [4.69, 9.17) is 17.1 Å². The fraction of sp³-hybridized carbons (Fsp3) is 1.00. The van der Waals surface area contributed by atoms with E-state index in [1.165, 1.54) is 0 Å². The lowest BCUT2D eigenvalue weighted by atomic mass is 11.6. The molecule has 4 nitrogen and oxygen atoms in total. The third-order valence-corrected chi connectivity index (χ3v) is 6.39. The van der Waals surface area contributed by atoms with E-state index in [1.807, 2.05) is 0 Å². The van der Waals surface area contributed by atoms with Gasteiger partial charge in [0, 0.05) is 0 Å². The molecule has 17 heavy (non-hydrogen) atoms. The first-order chi connectivity index (χ1) is 6.96. The van der Waals surface area contributed by atoms with Crippen LogP contribution in [0.25, 0.3) is 0 Å². The topological polar surface area (TPSA) is 63.6 Å². The Balaban J connectivity index is 0. The zero-order chi connectivity index (χ0) is 14.7. The van der Waals surface area contributed by atoms with E-state index in [9.17, 15) is 13.2 Å². The summed E-state index contributed by atoms with van der Waals surface area (Å²) in [4.78, 5) is 0. The van der Waals surface area contributed by atoms with Gasteiger partial charge in [-0.25, -0.2) is 0 Å². The maximum absolute atomic E-state index is 10.7. The first kappa shape index (κ1) is 19.4. The molecule has 10 heteroatoms. The normalized spacial score (nSPS) is 14.0. The van der Waals surface area contributed by atoms with Gasteiger partial charge in [0.15, 0.2) is 16.6 Å². The van der Waals surface area contributed by atoms with Crippen molar-refractivity contribution >= 4 is 26.8 Å². The van der Waals surface area contributed by atoms with Gasteiger partial charge in [-0.1, -0.05) is 0 Å². The third-order valence-electron chi connectivity index (χ3n) is 0.905. The molecule has 0 saturated heterocycles. The van der Waals surface area contributed by atoms with Crippen molar-refractivity contribution in [3.8, 4) is 0 Å². The summed E-state index contributed by atoms with van der Waals surface area (Å²) in [5.74, 6) is 0. The van der Waals surface area contributed by atoms with Crippen LogP contribution in [0.1, 0.15) is 0 Å². The highest BCUT2D eigenvalue weighted by molar-refractivity contribution is 7.86. The van der Waals surface area contributed by atoms with Crippen molar-refractivity contribution in [2.45, 2.75) is 44.8 Å². The molecule has 0 rings (SSSR count). The molecule has 106 valence electrons. The van der Waals surface area contributed by atoms with Gasteiger partial charge in [0.2, 0.25) is 0 Å². The highest BCUT2D eigenvalue weighted by atomic mass is 32.2. The van der Waals surface area contributed by atoms with E-state index in [-0.39, 0.29) is 0 Å². The lowest BCUT2D eigenvalue weighted by Crippen LogP contribution is -2.39. The summed E-state index contributed by atoms with van der Waals surface area (Å²) >= 11 is 0. The third kappa shape index (κ3) is 14.0. The number of halogens is 3. The monoisotopic (exact) mass is 312 g/mol. The summed E-state index contributed by atoms with van der Waals surface area (Å²) in [6, 6.07) is 0. The maximum atomic E-state index is 10.7. The largest absolute Gasteiger partial charge is 0.522 e. The van der Waals surface area contributed by atoms with Gasteiger partial charge >= 0.3 is 15.6 Å². The molecule has 0 aromatic rings. The second kappa shape index (κ2) is 5.82. The average Bonchev–Trinajstić information content (AvgIpc) is 1.71. The first-order valence-corrected chi connectivity index (χ1v) is 13.0. The molecular weight excluding hydrogens is 293 g/mol. The standard InChI is InChI=1S/C6H18OSi2.CHF3O3S/c1-8(2,3)7-9(4,5)6;2-1(3,4)8(5,6)7/h1-6H3;(H,5,6,7). The van der Waals surface area contributed by atoms with Crippen LogP contribution in [0.5, 0.6) is 0 Å². The summed E-state index contributed by atoms with van der Waals surface area (Å²) in [6.07, 6.45) is 0. The van der Waals surface area contributed by atoms with Crippen LogP contribution in [0.3, 0.4) is 0 Å². The molecule has 0 aromatic heterocycles. The van der Waals surface area contributed by atoms with Crippen molar-refractivity contribution in [2.75, 3.05) is 0 Å². The molecule has 0 aromatic carbocycles. The number of hydrogen-bond donors (Lipinski definition) is 1. The van der Waals surface area contributed by atoms with Gasteiger partial charge in [-0.3, -0.25) is 4.55 Å². The van der Waals surface area contributed by atoms with Crippen LogP contribution in [-0.2, 0) is 14.2 Å². The van der Waals surface area contributed by atoms with Crippen LogP contribution in [0.15, 0.2) is 0 Å². The molecule has 0 fully saturated rings. The molecule has 0 amide bonds. The molecule has 0 unspecified atom stereocenters. The molecule has 0 spiro atoms. The van der Waals surface area contributed by atoms with Crippen molar-refractivity contribution in [1.29, 1.82) is 0 Å². The highest BCUT2D eigenvalue weighted by Gasteiger charge is 2.44. The van der Waals surface area contributed by atoms with Crippen LogP contribution >= 0.6 is 0 Å². The Hall–Kier alpha value is 0.0938. The molecule has 0 bridgehead atoms. The van der Waals surface area contributed by atoms with E-state index < -0.39 is 32.3 Å². The van der Waals surface area contributed by atoms with Gasteiger partial charge in [0.25, 0.3) is 0 Å². The zero-order valence-corrected chi connectivity index (χ0v) is 13.5. The smallest absolute Gasteiger partial charge is 0.456 e. The summed E-state index contributed by atoms with van der Waals surface area (Å²) in [5.41, 5.74) is -5.53. The molecule has 0 heterocycles. The summed E-state index contributed by atoms with van der Waals surface area (Å²) in [5, 5.41) is 0. The minimum atomic E-state index is -5.84. The number of hydrogen-bond acceptors (Lipinski definition) is 3. The van der Waals surface area contributed by atoms with Crippen molar-refractivity contribution in [3.05, 3.63) is 0 Å². The first-order valence-electron chi connectivity index (χ1n) is 4.70. The Morgan fingerprint density at radius 3 is 1.12 bits per heavy atom. The molecular formula is C7H19F3O4SSi2. The zero-order valence-electron chi connectivity index (χ0n) is 10.7. The van der Waals surface area contributed by atoms with Gasteiger partial charge in [-0.15, -0.1) is 0 Å². The molecule has 0 atom stereocenters. The Morgan fingerprint density at radius 1 is 0.941 bits per heavy atom. The Labute approximate surface area is 102 Å². The fourth-order valence-electron chi connectivity index (χ4n) is 0.919. The van der Waals surface area contributed by atoms with Crippen LogP contribution in [0, 0.1) is 0 Å². The second-order valence-corrected chi connectivity index (χ2v) is 15.9. The van der Waals surface area contributed by atoms with Crippen LogP contribution < -0.4 is 0 Å². The van der Waals surface area contributed by atoms with Crippen LogP contribution in [0.4, 0.5) is 13.2 Å². The average molecular weight is 312 g/mol. The molecule has 0 saturated carbocycles. The van der Waals surface area contributed by atoms with E-state index in [2.05, 4.69) is 39.3 Å². The minimum absolute atomic E-state index is 1.23. The van der Waals surface area contributed by atoms with Gasteiger partial charge in [-0.05, 0) is 39.3 Å². The highest BCUT2D eigenvalue weighted by Crippen LogP contribution is 2.20. The summed E-state index contributed by atoms with van der Waals surface area (Å²) in [6.45, 7) is 13.4. The number of alkyl halides is 3. The summed E-state index contributed by atoms with van der Waals surface area (Å²) in [7, 11) is -8.30. The predicted molar refractivity (Wildman–Crippen MR) is 65.4 cm³/mol. The molecule has 0 aliphatic heterocycles. The summed E-state index contributed by atoms with van der Waals surface area (Å²) < 4.78 is 63.4. The van der Waals surface area contributed by atoms with Crippen LogP contribution in [-0.4, -0.2) is 35.1 Å². The van der Waals surface area contributed by atoms with Crippen molar-refractivity contribution in [1.82, 2.24) is 0 Å². The minimum Gasteiger partial charge on any atom is -0.456 e. The van der Waals surface area contributed by atoms with E-state index in [0.29, 0.717) is 0 Å². The van der Waals surface area contributed by atoms with Gasteiger partial charge < -0.3 is 4.12 Å². The van der Waals surface area contributed by atoms with E-state index >= 15 is 0 Å². The molecule has 0 aliphatic rings. The Bertz CT molecular complexity index is 314. The maximum Gasteiger partial charge on any atom is 0.522 e. The lowest BCUT2D eigenvalue weighted by molar-refractivity contribution is -0.0510. The van der Waals surface area contributed by atoms with Gasteiger partial charge in [0.1, 0.15) is 0 Å². The van der Waals surface area contributed by atoms with Crippen molar-refractivity contribution in [2.24, 2.45) is 0 Å². The molecule has 0 aliphatic carbocycles. The Morgan fingerprint density at radius 2 is 1.12 bits per heavy atom. The molecule has 1 N–H and O–H groups in total. The molecule has 0 radical (unpaired) electrons. The van der Waals surface area contributed by atoms with Gasteiger partial charge in [-0.2, -0.15) is 21.6 Å². The SMILES string of the molecule is C[Si](C)(C)O[Si](C)(C)C.O=S(=O)(O)C(F)(F)F. The quantitative estimate of drug-likeness (QED) is 0.483.